The van der Waals surface area contributed by atoms with Crippen LogP contribution in [0, 0.1) is 6.92 Å². The van der Waals surface area contributed by atoms with Crippen LogP contribution in [0.5, 0.6) is 0 Å². The summed E-state index contributed by atoms with van der Waals surface area (Å²) in [5.41, 5.74) is 5.22. The average Bonchev–Trinajstić information content (AvgIpc) is 3.46. The number of hydrogen-bond donors (Lipinski definition) is 3. The zero-order valence-electron chi connectivity index (χ0n) is 22.7. The zero-order valence-corrected chi connectivity index (χ0v) is 23.4. The molecular formula is C28H30ClN9O. The van der Waals surface area contributed by atoms with Crippen LogP contribution in [0.2, 0.25) is 5.02 Å². The molecule has 0 aliphatic heterocycles. The number of hydrogen-bond acceptors (Lipinski definition) is 6. The lowest BCUT2D eigenvalue weighted by Crippen LogP contribution is -2.21. The highest BCUT2D eigenvalue weighted by molar-refractivity contribution is 6.34. The van der Waals surface area contributed by atoms with Gasteiger partial charge in [0.25, 0.3) is 0 Å². The molecule has 0 aliphatic rings. The molecule has 0 saturated heterocycles. The first-order valence-electron chi connectivity index (χ1n) is 12.5. The summed E-state index contributed by atoms with van der Waals surface area (Å²) in [7, 11) is 3.61. The second kappa shape index (κ2) is 10.0. The fourth-order valence-electron chi connectivity index (χ4n) is 4.25. The van der Waals surface area contributed by atoms with E-state index in [1.54, 1.807) is 28.5 Å². The molecule has 0 unspecified atom stereocenters. The Morgan fingerprint density at radius 1 is 0.974 bits per heavy atom. The molecule has 0 atom stereocenters. The van der Waals surface area contributed by atoms with E-state index in [0.29, 0.717) is 39.3 Å². The van der Waals surface area contributed by atoms with Gasteiger partial charge in [0.1, 0.15) is 23.7 Å². The summed E-state index contributed by atoms with van der Waals surface area (Å²) < 4.78 is 3.43. The molecule has 200 valence electrons. The third-order valence-electron chi connectivity index (χ3n) is 6.34. The van der Waals surface area contributed by atoms with E-state index in [2.05, 4.69) is 51.8 Å². The van der Waals surface area contributed by atoms with Gasteiger partial charge < -0.3 is 10.6 Å². The number of aryl methyl sites for hydroxylation is 2. The SMILES string of the molecule is CNc1ncnc2c1c(-c1ccc(NC(=O)Nc3cc(C(C)(C)C)nn3-c3ccc(C)cc3)cc1Cl)nn2C. The van der Waals surface area contributed by atoms with Gasteiger partial charge in [0.05, 0.1) is 21.8 Å². The molecule has 0 bridgehead atoms. The number of carbonyl (C=O) groups excluding carboxylic acids is 1. The van der Waals surface area contributed by atoms with E-state index in [1.807, 2.05) is 50.4 Å². The number of nitrogens with one attached hydrogen (secondary N) is 3. The van der Waals surface area contributed by atoms with Gasteiger partial charge in [-0.1, -0.05) is 50.1 Å². The number of aromatic nitrogens is 6. The number of urea groups is 1. The molecule has 0 spiro atoms. The second-order valence-electron chi connectivity index (χ2n) is 10.3. The maximum atomic E-state index is 13.1. The van der Waals surface area contributed by atoms with Crippen molar-refractivity contribution in [1.82, 2.24) is 29.5 Å². The van der Waals surface area contributed by atoms with Crippen molar-refractivity contribution in [2.24, 2.45) is 7.05 Å². The summed E-state index contributed by atoms with van der Waals surface area (Å²) in [5, 5.41) is 19.5. The van der Waals surface area contributed by atoms with Gasteiger partial charge in [-0.15, -0.1) is 0 Å². The molecule has 0 aliphatic carbocycles. The summed E-state index contributed by atoms with van der Waals surface area (Å²) in [4.78, 5) is 21.7. The van der Waals surface area contributed by atoms with Crippen LogP contribution in [0.1, 0.15) is 32.0 Å². The number of rotatable bonds is 5. The molecule has 11 heteroatoms. The fourth-order valence-corrected chi connectivity index (χ4v) is 4.52. The molecular weight excluding hydrogens is 514 g/mol. The largest absolute Gasteiger partial charge is 0.372 e. The van der Waals surface area contributed by atoms with Gasteiger partial charge in [-0.25, -0.2) is 24.1 Å². The molecule has 2 aromatic carbocycles. The van der Waals surface area contributed by atoms with Crippen LogP contribution in [-0.4, -0.2) is 42.6 Å². The zero-order chi connectivity index (χ0) is 27.9. The average molecular weight is 544 g/mol. The number of nitrogens with zero attached hydrogens (tertiary/aromatic N) is 6. The first kappa shape index (κ1) is 26.2. The highest BCUT2D eigenvalue weighted by Gasteiger charge is 2.22. The minimum absolute atomic E-state index is 0.194. The first-order valence-corrected chi connectivity index (χ1v) is 12.8. The van der Waals surface area contributed by atoms with E-state index in [4.69, 9.17) is 16.7 Å². The number of anilines is 3. The standard InChI is InChI=1S/C28H30ClN9O/c1-16-7-10-18(11-8-16)38-22(14-21(35-38)28(2,3)4)34-27(39)33-17-9-12-19(20(29)13-17)24-23-25(30-5)31-15-32-26(23)37(6)36-24/h7-15H,1-6H3,(H,30,31,32)(H2,33,34,39). The Kier molecular flexibility index (Phi) is 6.73. The molecule has 2 amide bonds. The van der Waals surface area contributed by atoms with E-state index in [9.17, 15) is 4.79 Å². The number of amides is 2. The van der Waals surface area contributed by atoms with Gasteiger partial charge in [0.2, 0.25) is 0 Å². The highest BCUT2D eigenvalue weighted by Crippen LogP contribution is 2.36. The first-order chi connectivity index (χ1) is 18.5. The fraction of sp³-hybridized carbons (Fsp3) is 0.250. The normalized spacial score (nSPS) is 11.6. The van der Waals surface area contributed by atoms with Gasteiger partial charge in [-0.3, -0.25) is 5.32 Å². The number of fused-ring (bicyclic) bond motifs is 1. The molecule has 0 saturated carbocycles. The van der Waals surface area contributed by atoms with Crippen LogP contribution < -0.4 is 16.0 Å². The predicted molar refractivity (Wildman–Crippen MR) is 156 cm³/mol. The van der Waals surface area contributed by atoms with Crippen molar-refractivity contribution in [2.75, 3.05) is 23.0 Å². The predicted octanol–water partition coefficient (Wildman–Crippen LogP) is 6.16. The third kappa shape index (κ3) is 5.15. The van der Waals surface area contributed by atoms with E-state index in [0.717, 1.165) is 22.3 Å². The minimum Gasteiger partial charge on any atom is -0.372 e. The van der Waals surface area contributed by atoms with Crippen molar-refractivity contribution in [3.8, 4) is 16.9 Å². The maximum Gasteiger partial charge on any atom is 0.324 e. The van der Waals surface area contributed by atoms with Crippen LogP contribution in [0.3, 0.4) is 0 Å². The summed E-state index contributed by atoms with van der Waals surface area (Å²) in [6.45, 7) is 8.27. The Hall–Kier alpha value is -4.44. The topological polar surface area (TPSA) is 115 Å². The number of halogens is 1. The highest BCUT2D eigenvalue weighted by atomic mass is 35.5. The van der Waals surface area contributed by atoms with Crippen molar-refractivity contribution in [1.29, 1.82) is 0 Å². The Morgan fingerprint density at radius 3 is 2.38 bits per heavy atom. The minimum atomic E-state index is -0.415. The Morgan fingerprint density at radius 2 is 1.72 bits per heavy atom. The summed E-state index contributed by atoms with van der Waals surface area (Å²) >= 11 is 6.69. The molecule has 3 aromatic heterocycles. The summed E-state index contributed by atoms with van der Waals surface area (Å²) in [5.74, 6) is 1.21. The van der Waals surface area contributed by atoms with Crippen molar-refractivity contribution in [3.63, 3.8) is 0 Å². The quantitative estimate of drug-likeness (QED) is 0.244. The van der Waals surface area contributed by atoms with Crippen molar-refractivity contribution >= 4 is 46.0 Å². The van der Waals surface area contributed by atoms with Gasteiger partial charge in [0.15, 0.2) is 5.65 Å². The van der Waals surface area contributed by atoms with Crippen LogP contribution in [0.15, 0.2) is 54.9 Å². The van der Waals surface area contributed by atoms with E-state index in [-0.39, 0.29) is 5.41 Å². The number of benzene rings is 2. The van der Waals surface area contributed by atoms with Crippen molar-refractivity contribution in [2.45, 2.75) is 33.1 Å². The maximum absolute atomic E-state index is 13.1. The molecule has 5 rings (SSSR count). The van der Waals surface area contributed by atoms with Crippen LogP contribution in [0.25, 0.3) is 28.0 Å². The Bertz CT molecular complexity index is 1680. The molecule has 3 heterocycles. The summed E-state index contributed by atoms with van der Waals surface area (Å²) in [6, 6.07) is 14.7. The van der Waals surface area contributed by atoms with Gasteiger partial charge >= 0.3 is 6.03 Å². The van der Waals surface area contributed by atoms with Crippen LogP contribution in [0.4, 0.5) is 22.1 Å². The lowest BCUT2D eigenvalue weighted by molar-refractivity contribution is 0.262. The molecule has 39 heavy (non-hydrogen) atoms. The Balaban J connectivity index is 1.41. The molecule has 10 nitrogen and oxygen atoms in total. The van der Waals surface area contributed by atoms with Gasteiger partial charge in [0, 0.05) is 36.8 Å². The van der Waals surface area contributed by atoms with Gasteiger partial charge in [-0.05, 0) is 37.3 Å². The molecule has 0 radical (unpaired) electrons. The van der Waals surface area contributed by atoms with Gasteiger partial charge in [-0.2, -0.15) is 10.2 Å². The smallest absolute Gasteiger partial charge is 0.324 e. The number of carbonyl (C=O) groups is 1. The second-order valence-corrected chi connectivity index (χ2v) is 10.7. The third-order valence-corrected chi connectivity index (χ3v) is 6.65. The lowest BCUT2D eigenvalue weighted by atomic mass is 9.92. The Labute approximate surface area is 231 Å². The van der Waals surface area contributed by atoms with E-state index >= 15 is 0 Å². The molecule has 0 fully saturated rings. The van der Waals surface area contributed by atoms with Crippen molar-refractivity contribution < 1.29 is 4.79 Å². The van der Waals surface area contributed by atoms with Crippen LogP contribution >= 0.6 is 11.6 Å². The van der Waals surface area contributed by atoms with E-state index < -0.39 is 6.03 Å². The summed E-state index contributed by atoms with van der Waals surface area (Å²) in [6.07, 6.45) is 1.49. The lowest BCUT2D eigenvalue weighted by Gasteiger charge is -2.14. The molecule has 5 aromatic rings. The van der Waals surface area contributed by atoms with E-state index in [1.165, 1.54) is 6.33 Å². The van der Waals surface area contributed by atoms with Crippen molar-refractivity contribution in [3.05, 3.63) is 71.1 Å². The van der Waals surface area contributed by atoms with Crippen LogP contribution in [-0.2, 0) is 12.5 Å². The molecule has 3 N–H and O–H groups in total. The monoisotopic (exact) mass is 543 g/mol.